The van der Waals surface area contributed by atoms with Crippen LogP contribution in [-0.2, 0) is 9.53 Å². The van der Waals surface area contributed by atoms with Gasteiger partial charge in [-0.05, 0) is 45.4 Å². The summed E-state index contributed by atoms with van der Waals surface area (Å²) in [6.07, 6.45) is 0.564. The summed E-state index contributed by atoms with van der Waals surface area (Å²) in [6, 6.07) is 15.2. The molecular formula is C27H36N4O4. The summed E-state index contributed by atoms with van der Waals surface area (Å²) >= 11 is 0. The van der Waals surface area contributed by atoms with E-state index in [2.05, 4.69) is 5.32 Å². The van der Waals surface area contributed by atoms with E-state index in [9.17, 15) is 9.59 Å². The van der Waals surface area contributed by atoms with Crippen LogP contribution in [0.2, 0.25) is 0 Å². The number of carbonyl (C=O) groups excluding carboxylic acids is 2. The van der Waals surface area contributed by atoms with Crippen LogP contribution in [0.4, 0.5) is 4.79 Å². The SMILES string of the molecule is COCCN(CC(=O)N1N=C(c2cccc(OC)c2)C[C@@H]1c1ccc(C)cc1)C(=O)NC(C)(C)C. The molecule has 1 aliphatic rings. The van der Waals surface area contributed by atoms with E-state index in [-0.39, 0.29) is 24.5 Å². The van der Waals surface area contributed by atoms with Crippen LogP contribution in [0.1, 0.15) is 49.9 Å². The molecule has 2 aromatic carbocycles. The zero-order valence-electron chi connectivity index (χ0n) is 21.5. The van der Waals surface area contributed by atoms with Gasteiger partial charge in [-0.1, -0.05) is 42.0 Å². The van der Waals surface area contributed by atoms with E-state index in [1.165, 1.54) is 9.91 Å². The van der Waals surface area contributed by atoms with Crippen molar-refractivity contribution in [1.82, 2.24) is 15.2 Å². The second kappa shape index (κ2) is 11.4. The Balaban J connectivity index is 1.90. The molecule has 2 aromatic rings. The van der Waals surface area contributed by atoms with E-state index >= 15 is 0 Å². The number of aryl methyl sites for hydroxylation is 1. The first-order valence-corrected chi connectivity index (χ1v) is 11.8. The second-order valence-corrected chi connectivity index (χ2v) is 9.74. The van der Waals surface area contributed by atoms with Gasteiger partial charge >= 0.3 is 6.03 Å². The lowest BCUT2D eigenvalue weighted by Crippen LogP contribution is -2.52. The number of hydrazone groups is 1. The van der Waals surface area contributed by atoms with Crippen molar-refractivity contribution < 1.29 is 19.1 Å². The summed E-state index contributed by atoms with van der Waals surface area (Å²) in [7, 11) is 3.19. The third-order valence-electron chi connectivity index (χ3n) is 5.69. The Morgan fingerprint density at radius 3 is 2.49 bits per heavy atom. The van der Waals surface area contributed by atoms with Crippen molar-refractivity contribution in [1.29, 1.82) is 0 Å². The fourth-order valence-electron chi connectivity index (χ4n) is 3.86. The minimum Gasteiger partial charge on any atom is -0.497 e. The predicted octanol–water partition coefficient (Wildman–Crippen LogP) is 4.14. The number of carbonyl (C=O) groups is 2. The average molecular weight is 481 g/mol. The summed E-state index contributed by atoms with van der Waals surface area (Å²) in [5.41, 5.74) is 3.40. The standard InChI is InChI=1S/C27H36N4O4/c1-19-10-12-20(13-11-19)24-17-23(21-8-7-9-22(16-21)35-6)29-31(24)25(32)18-30(14-15-34-5)26(33)28-27(2,3)4/h7-13,16,24H,14-15,17-18H2,1-6H3,(H,28,33)/t24-/m1/s1. The lowest BCUT2D eigenvalue weighted by molar-refractivity contribution is -0.133. The molecule has 3 amide bonds. The largest absolute Gasteiger partial charge is 0.497 e. The van der Waals surface area contributed by atoms with Gasteiger partial charge in [-0.2, -0.15) is 5.10 Å². The van der Waals surface area contributed by atoms with Crippen molar-refractivity contribution in [3.05, 3.63) is 65.2 Å². The molecule has 1 N–H and O–H groups in total. The molecule has 8 heteroatoms. The molecule has 0 radical (unpaired) electrons. The third kappa shape index (κ3) is 7.05. The molecule has 1 atom stereocenters. The highest BCUT2D eigenvalue weighted by Gasteiger charge is 2.34. The number of urea groups is 1. The minimum atomic E-state index is -0.429. The van der Waals surface area contributed by atoms with Gasteiger partial charge in [-0.15, -0.1) is 0 Å². The number of amides is 3. The zero-order valence-corrected chi connectivity index (χ0v) is 21.5. The molecule has 8 nitrogen and oxygen atoms in total. The van der Waals surface area contributed by atoms with Gasteiger partial charge < -0.3 is 19.7 Å². The van der Waals surface area contributed by atoms with Crippen molar-refractivity contribution in [2.24, 2.45) is 5.10 Å². The molecule has 0 fully saturated rings. The summed E-state index contributed by atoms with van der Waals surface area (Å²) in [4.78, 5) is 27.9. The highest BCUT2D eigenvalue weighted by atomic mass is 16.5. The van der Waals surface area contributed by atoms with Crippen LogP contribution in [0.25, 0.3) is 0 Å². The molecule has 188 valence electrons. The molecule has 0 aliphatic carbocycles. The molecule has 0 saturated heterocycles. The van der Waals surface area contributed by atoms with Crippen LogP contribution in [0.5, 0.6) is 5.75 Å². The minimum absolute atomic E-state index is 0.109. The maximum atomic E-state index is 13.6. The average Bonchev–Trinajstić information content (AvgIpc) is 3.26. The Kier molecular flexibility index (Phi) is 8.51. The summed E-state index contributed by atoms with van der Waals surface area (Å²) < 4.78 is 10.5. The quantitative estimate of drug-likeness (QED) is 0.616. The molecule has 0 aromatic heterocycles. The highest BCUT2D eigenvalue weighted by Crippen LogP contribution is 2.33. The Morgan fingerprint density at radius 2 is 1.86 bits per heavy atom. The van der Waals surface area contributed by atoms with Crippen molar-refractivity contribution in [2.75, 3.05) is 33.9 Å². The van der Waals surface area contributed by atoms with Gasteiger partial charge in [0.05, 0.1) is 25.5 Å². The van der Waals surface area contributed by atoms with Gasteiger partial charge in [0.1, 0.15) is 12.3 Å². The fourth-order valence-corrected chi connectivity index (χ4v) is 3.86. The number of hydrogen-bond acceptors (Lipinski definition) is 5. The normalized spacial score (nSPS) is 15.5. The van der Waals surface area contributed by atoms with E-state index in [1.54, 1.807) is 14.2 Å². The van der Waals surface area contributed by atoms with Gasteiger partial charge in [0, 0.05) is 31.2 Å². The number of benzene rings is 2. The lowest BCUT2D eigenvalue weighted by atomic mass is 9.97. The van der Waals surface area contributed by atoms with Crippen LogP contribution < -0.4 is 10.1 Å². The Morgan fingerprint density at radius 1 is 1.14 bits per heavy atom. The third-order valence-corrected chi connectivity index (χ3v) is 5.69. The van der Waals surface area contributed by atoms with Gasteiger partial charge in [0.25, 0.3) is 5.91 Å². The molecule has 3 rings (SSSR count). The number of nitrogens with zero attached hydrogens (tertiary/aromatic N) is 3. The first-order valence-electron chi connectivity index (χ1n) is 11.8. The van der Waals surface area contributed by atoms with E-state index < -0.39 is 5.54 Å². The van der Waals surface area contributed by atoms with E-state index in [1.807, 2.05) is 76.2 Å². The van der Waals surface area contributed by atoms with Crippen molar-refractivity contribution >= 4 is 17.6 Å². The topological polar surface area (TPSA) is 83.5 Å². The van der Waals surface area contributed by atoms with E-state index in [0.29, 0.717) is 19.6 Å². The van der Waals surface area contributed by atoms with Gasteiger partial charge in [0.15, 0.2) is 0 Å². The first kappa shape index (κ1) is 26.2. The highest BCUT2D eigenvalue weighted by molar-refractivity contribution is 6.03. The molecule has 1 heterocycles. The van der Waals surface area contributed by atoms with Crippen LogP contribution in [0.3, 0.4) is 0 Å². The summed E-state index contributed by atoms with van der Waals surface area (Å²) in [5.74, 6) is 0.472. The monoisotopic (exact) mass is 480 g/mol. The van der Waals surface area contributed by atoms with Crippen LogP contribution in [0, 0.1) is 6.92 Å². The lowest BCUT2D eigenvalue weighted by Gasteiger charge is -2.30. The van der Waals surface area contributed by atoms with E-state index in [0.717, 1.165) is 28.2 Å². The molecule has 0 bridgehead atoms. The number of ether oxygens (including phenoxy) is 2. The Hall–Kier alpha value is -3.39. The maximum Gasteiger partial charge on any atom is 0.318 e. The van der Waals surface area contributed by atoms with Gasteiger partial charge in [-0.3, -0.25) is 4.79 Å². The van der Waals surface area contributed by atoms with Gasteiger partial charge in [0.2, 0.25) is 0 Å². The smallest absolute Gasteiger partial charge is 0.318 e. The molecule has 1 aliphatic heterocycles. The first-order chi connectivity index (χ1) is 16.6. The molecule has 0 saturated carbocycles. The molecule has 35 heavy (non-hydrogen) atoms. The van der Waals surface area contributed by atoms with Crippen molar-refractivity contribution in [2.45, 2.75) is 45.7 Å². The van der Waals surface area contributed by atoms with Crippen LogP contribution in [-0.4, -0.2) is 67.0 Å². The fraction of sp³-hybridized carbons (Fsp3) is 0.444. The number of hydrogen-bond donors (Lipinski definition) is 1. The summed E-state index contributed by atoms with van der Waals surface area (Å²) in [6.45, 7) is 8.24. The van der Waals surface area contributed by atoms with Crippen LogP contribution in [0.15, 0.2) is 53.6 Å². The maximum absolute atomic E-state index is 13.6. The molecule has 0 spiro atoms. The predicted molar refractivity (Wildman–Crippen MR) is 137 cm³/mol. The molecule has 0 unspecified atom stereocenters. The Labute approximate surface area is 207 Å². The molecular weight excluding hydrogens is 444 g/mol. The summed E-state index contributed by atoms with van der Waals surface area (Å²) in [5, 5.41) is 9.19. The van der Waals surface area contributed by atoms with E-state index in [4.69, 9.17) is 14.6 Å². The van der Waals surface area contributed by atoms with Crippen molar-refractivity contribution in [3.8, 4) is 5.75 Å². The number of nitrogens with one attached hydrogen (secondary N) is 1. The zero-order chi connectivity index (χ0) is 25.6. The second-order valence-electron chi connectivity index (χ2n) is 9.74. The number of rotatable bonds is 8. The van der Waals surface area contributed by atoms with Crippen LogP contribution >= 0.6 is 0 Å². The Bertz CT molecular complexity index is 1060. The number of methoxy groups -OCH3 is 2. The van der Waals surface area contributed by atoms with Gasteiger partial charge in [-0.25, -0.2) is 9.80 Å². The van der Waals surface area contributed by atoms with Crippen molar-refractivity contribution in [3.63, 3.8) is 0 Å².